The highest BCUT2D eigenvalue weighted by Crippen LogP contribution is 2.25. The molecule has 0 radical (unpaired) electrons. The summed E-state index contributed by atoms with van der Waals surface area (Å²) in [6.07, 6.45) is 4.47. The molecule has 4 aromatic heterocycles. The van der Waals surface area contributed by atoms with Crippen LogP contribution >= 0.6 is 22.7 Å². The summed E-state index contributed by atoms with van der Waals surface area (Å²) in [7, 11) is 0. The Morgan fingerprint density at radius 1 is 1.13 bits per heavy atom. The fourth-order valence-corrected chi connectivity index (χ4v) is 5.12. The van der Waals surface area contributed by atoms with Gasteiger partial charge in [-0.3, -0.25) is 9.20 Å². The molecule has 0 aliphatic rings. The van der Waals surface area contributed by atoms with E-state index < -0.39 is 0 Å². The van der Waals surface area contributed by atoms with Gasteiger partial charge in [-0.15, -0.1) is 22.7 Å². The van der Waals surface area contributed by atoms with E-state index in [-0.39, 0.29) is 5.91 Å². The van der Waals surface area contributed by atoms with Crippen molar-refractivity contribution in [1.29, 1.82) is 0 Å². The van der Waals surface area contributed by atoms with Gasteiger partial charge in [0.05, 0.1) is 23.4 Å². The topological polar surface area (TPSA) is 50.8 Å². The van der Waals surface area contributed by atoms with Gasteiger partial charge in [-0.25, -0.2) is 4.98 Å². The minimum Gasteiger partial charge on any atom is -0.467 e. The van der Waals surface area contributed by atoms with Crippen molar-refractivity contribution in [2.45, 2.75) is 19.9 Å². The SMILES string of the molecule is Cc1ccc(-c2cn3c(CCN(Cc4ccco4)C(=O)c4cccs4)csc3n2)cc1. The van der Waals surface area contributed by atoms with Gasteiger partial charge < -0.3 is 9.32 Å². The van der Waals surface area contributed by atoms with Crippen molar-refractivity contribution in [3.63, 3.8) is 0 Å². The van der Waals surface area contributed by atoms with E-state index in [4.69, 9.17) is 9.40 Å². The van der Waals surface area contributed by atoms with Crippen molar-refractivity contribution >= 4 is 33.5 Å². The Kier molecular flexibility index (Phi) is 5.44. The van der Waals surface area contributed by atoms with Gasteiger partial charge in [0.15, 0.2) is 4.96 Å². The maximum atomic E-state index is 13.1. The van der Waals surface area contributed by atoms with Crippen LogP contribution in [0, 0.1) is 6.92 Å². The van der Waals surface area contributed by atoms with E-state index in [1.54, 1.807) is 17.6 Å². The van der Waals surface area contributed by atoms with Crippen molar-refractivity contribution in [1.82, 2.24) is 14.3 Å². The van der Waals surface area contributed by atoms with Crippen molar-refractivity contribution in [3.8, 4) is 11.3 Å². The molecule has 1 aromatic carbocycles. The number of nitrogens with zero attached hydrogens (tertiary/aromatic N) is 3. The first kappa shape index (κ1) is 19.8. The summed E-state index contributed by atoms with van der Waals surface area (Å²) in [5.41, 5.74) is 4.46. The van der Waals surface area contributed by atoms with Crippen molar-refractivity contribution in [2.24, 2.45) is 0 Å². The lowest BCUT2D eigenvalue weighted by Gasteiger charge is -2.21. The van der Waals surface area contributed by atoms with Gasteiger partial charge in [-0.2, -0.15) is 0 Å². The first-order valence-corrected chi connectivity index (χ1v) is 11.8. The fourth-order valence-electron chi connectivity index (χ4n) is 3.52. The van der Waals surface area contributed by atoms with E-state index >= 15 is 0 Å². The molecule has 5 nitrogen and oxygen atoms in total. The number of hydrogen-bond donors (Lipinski definition) is 0. The number of aryl methyl sites for hydroxylation is 1. The second-order valence-corrected chi connectivity index (χ2v) is 9.19. The molecule has 0 bridgehead atoms. The average Bonchev–Trinajstić information content (AvgIpc) is 3.57. The normalized spacial score (nSPS) is 11.3. The first-order chi connectivity index (χ1) is 15.2. The lowest BCUT2D eigenvalue weighted by molar-refractivity contribution is 0.0738. The molecule has 0 saturated carbocycles. The molecule has 0 aliphatic heterocycles. The third-order valence-corrected chi connectivity index (χ3v) is 6.96. The summed E-state index contributed by atoms with van der Waals surface area (Å²) in [6.45, 7) is 3.14. The molecule has 0 unspecified atom stereocenters. The first-order valence-electron chi connectivity index (χ1n) is 10.0. The third-order valence-electron chi connectivity index (χ3n) is 5.21. The van der Waals surface area contributed by atoms with Gasteiger partial charge in [0.25, 0.3) is 5.91 Å². The van der Waals surface area contributed by atoms with Crippen LogP contribution < -0.4 is 0 Å². The predicted octanol–water partition coefficient (Wildman–Crippen LogP) is 5.91. The van der Waals surface area contributed by atoms with Gasteiger partial charge in [0.2, 0.25) is 0 Å². The molecule has 0 atom stereocenters. The second kappa shape index (κ2) is 8.53. The van der Waals surface area contributed by atoms with Crippen LogP contribution in [0.2, 0.25) is 0 Å². The molecular weight excluding hydrogens is 426 g/mol. The van der Waals surface area contributed by atoms with Crippen LogP contribution in [0.3, 0.4) is 0 Å². The fraction of sp³-hybridized carbons (Fsp3) is 0.167. The Hall–Kier alpha value is -3.16. The number of benzene rings is 1. The molecule has 5 rings (SSSR count). The second-order valence-electron chi connectivity index (χ2n) is 7.41. The monoisotopic (exact) mass is 447 g/mol. The summed E-state index contributed by atoms with van der Waals surface area (Å²) in [4.78, 5) is 21.4. The van der Waals surface area contributed by atoms with Crippen LogP contribution in [0.15, 0.2) is 76.2 Å². The minimum absolute atomic E-state index is 0.0313. The third kappa shape index (κ3) is 4.19. The number of imidazole rings is 1. The maximum Gasteiger partial charge on any atom is 0.264 e. The lowest BCUT2D eigenvalue weighted by atomic mass is 10.1. The Morgan fingerprint density at radius 2 is 2.00 bits per heavy atom. The molecule has 0 aliphatic carbocycles. The molecule has 4 heterocycles. The van der Waals surface area contributed by atoms with Crippen LogP contribution in [0.25, 0.3) is 16.2 Å². The number of aromatic nitrogens is 2. The van der Waals surface area contributed by atoms with Crippen LogP contribution in [0.4, 0.5) is 0 Å². The van der Waals surface area contributed by atoms with E-state index in [2.05, 4.69) is 47.2 Å². The van der Waals surface area contributed by atoms with Crippen LogP contribution in [0.5, 0.6) is 0 Å². The molecule has 156 valence electrons. The summed E-state index contributed by atoms with van der Waals surface area (Å²) in [5, 5.41) is 4.06. The minimum atomic E-state index is 0.0313. The Labute approximate surface area is 188 Å². The standard InChI is InChI=1S/C24H21N3O2S2/c1-17-6-8-18(9-7-17)21-15-27-19(16-31-24(27)25-21)10-11-26(14-20-4-2-12-29-20)23(28)22-5-3-13-30-22/h2-9,12-13,15-16H,10-11,14H2,1H3. The number of furan rings is 1. The number of hydrogen-bond acceptors (Lipinski definition) is 5. The Bertz CT molecular complexity index is 1280. The molecule has 0 spiro atoms. The van der Waals surface area contributed by atoms with Crippen molar-refractivity contribution < 1.29 is 9.21 Å². The number of carbonyl (C=O) groups excluding carboxylic acids is 1. The summed E-state index contributed by atoms with van der Waals surface area (Å²) in [5.74, 6) is 0.813. The zero-order valence-corrected chi connectivity index (χ0v) is 18.7. The molecular formula is C24H21N3O2S2. The van der Waals surface area contributed by atoms with E-state index in [1.807, 2.05) is 34.5 Å². The molecule has 31 heavy (non-hydrogen) atoms. The molecule has 5 aromatic rings. The van der Waals surface area contributed by atoms with Gasteiger partial charge in [0, 0.05) is 35.8 Å². The lowest BCUT2D eigenvalue weighted by Crippen LogP contribution is -2.32. The smallest absolute Gasteiger partial charge is 0.264 e. The number of fused-ring (bicyclic) bond motifs is 1. The molecule has 0 fully saturated rings. The number of amides is 1. The van der Waals surface area contributed by atoms with Crippen LogP contribution in [-0.2, 0) is 13.0 Å². The van der Waals surface area contributed by atoms with Crippen LogP contribution in [-0.4, -0.2) is 26.7 Å². The quantitative estimate of drug-likeness (QED) is 0.312. The van der Waals surface area contributed by atoms with Gasteiger partial charge in [-0.05, 0) is 30.5 Å². The largest absolute Gasteiger partial charge is 0.467 e. The van der Waals surface area contributed by atoms with E-state index in [0.29, 0.717) is 13.1 Å². The number of thiazole rings is 1. The Balaban J connectivity index is 1.37. The van der Waals surface area contributed by atoms with E-state index in [1.165, 1.54) is 16.9 Å². The van der Waals surface area contributed by atoms with Crippen molar-refractivity contribution in [3.05, 3.63) is 93.6 Å². The zero-order valence-electron chi connectivity index (χ0n) is 17.0. The predicted molar refractivity (Wildman–Crippen MR) is 125 cm³/mol. The van der Waals surface area contributed by atoms with Crippen LogP contribution in [0.1, 0.15) is 26.7 Å². The van der Waals surface area contributed by atoms with E-state index in [0.717, 1.165) is 39.0 Å². The number of rotatable bonds is 7. The highest BCUT2D eigenvalue weighted by Gasteiger charge is 2.19. The molecule has 7 heteroatoms. The van der Waals surface area contributed by atoms with Gasteiger partial charge in [0.1, 0.15) is 5.76 Å². The highest BCUT2D eigenvalue weighted by molar-refractivity contribution is 7.15. The summed E-state index contributed by atoms with van der Waals surface area (Å²) >= 11 is 3.09. The highest BCUT2D eigenvalue weighted by atomic mass is 32.1. The molecule has 0 N–H and O–H groups in total. The Morgan fingerprint density at radius 3 is 2.74 bits per heavy atom. The number of carbonyl (C=O) groups is 1. The molecule has 0 saturated heterocycles. The summed E-state index contributed by atoms with van der Waals surface area (Å²) in [6, 6.07) is 15.9. The van der Waals surface area contributed by atoms with Crippen molar-refractivity contribution in [2.75, 3.05) is 6.54 Å². The van der Waals surface area contributed by atoms with Gasteiger partial charge >= 0.3 is 0 Å². The molecule has 1 amide bonds. The number of thiophene rings is 1. The van der Waals surface area contributed by atoms with Gasteiger partial charge in [-0.1, -0.05) is 35.9 Å². The zero-order chi connectivity index (χ0) is 21.2. The maximum absolute atomic E-state index is 13.1. The average molecular weight is 448 g/mol. The van der Waals surface area contributed by atoms with E-state index in [9.17, 15) is 4.79 Å². The summed E-state index contributed by atoms with van der Waals surface area (Å²) < 4.78 is 7.64.